The summed E-state index contributed by atoms with van der Waals surface area (Å²) in [5.74, 6) is 1.73. The molecule has 5 heteroatoms. The van der Waals surface area contributed by atoms with Crippen molar-refractivity contribution in [2.45, 2.75) is 52.7 Å². The minimum Gasteiger partial charge on any atom is -0.456 e. The van der Waals surface area contributed by atoms with Gasteiger partial charge in [0.2, 0.25) is 0 Å². The topological polar surface area (TPSA) is 50.8 Å². The van der Waals surface area contributed by atoms with Gasteiger partial charge in [0.1, 0.15) is 11.5 Å². The molecule has 41 heavy (non-hydrogen) atoms. The highest BCUT2D eigenvalue weighted by atomic mass is 16.6. The summed E-state index contributed by atoms with van der Waals surface area (Å²) in [6, 6.07) is 28.8. The molecular formula is C36H36N2O3. The number of hydrogen-bond acceptors (Lipinski definition) is 5. The number of nitrogens with one attached hydrogen (secondary N) is 1. The molecule has 0 saturated carbocycles. The number of para-hydroxylation sites is 1. The van der Waals surface area contributed by atoms with Crippen LogP contribution < -0.4 is 15.0 Å². The molecule has 1 spiro atoms. The van der Waals surface area contributed by atoms with Crippen LogP contribution in [0.4, 0.5) is 17.1 Å². The summed E-state index contributed by atoms with van der Waals surface area (Å²) in [6.07, 6.45) is 1.15. The van der Waals surface area contributed by atoms with Crippen molar-refractivity contribution < 1.29 is 14.3 Å². The number of rotatable bonds is 4. The van der Waals surface area contributed by atoms with Crippen LogP contribution in [0.5, 0.6) is 11.5 Å². The van der Waals surface area contributed by atoms with E-state index in [1.54, 1.807) is 0 Å². The third-order valence-electron chi connectivity index (χ3n) is 9.93. The molecule has 0 radical (unpaired) electrons. The van der Waals surface area contributed by atoms with Crippen molar-refractivity contribution in [2.75, 3.05) is 16.8 Å². The summed E-state index contributed by atoms with van der Waals surface area (Å²) >= 11 is 0. The van der Waals surface area contributed by atoms with E-state index in [2.05, 4.69) is 75.2 Å². The quantitative estimate of drug-likeness (QED) is 0.261. The monoisotopic (exact) mass is 544 g/mol. The fraction of sp³-hybridized carbons (Fsp3) is 0.306. The highest BCUT2D eigenvalue weighted by Gasteiger charge is 2.54. The third-order valence-corrected chi connectivity index (χ3v) is 9.93. The molecule has 4 aromatic carbocycles. The minimum absolute atomic E-state index is 0.207. The fourth-order valence-corrected chi connectivity index (χ4v) is 7.16. The van der Waals surface area contributed by atoms with E-state index in [4.69, 9.17) is 9.47 Å². The lowest BCUT2D eigenvalue weighted by Gasteiger charge is -2.38. The van der Waals surface area contributed by atoms with Gasteiger partial charge in [0.25, 0.3) is 0 Å². The third kappa shape index (κ3) is 3.71. The van der Waals surface area contributed by atoms with E-state index in [0.717, 1.165) is 58.0 Å². The maximum atomic E-state index is 13.4. The number of hydrogen-bond donors (Lipinski definition) is 1. The predicted octanol–water partition coefficient (Wildman–Crippen LogP) is 8.57. The van der Waals surface area contributed by atoms with Gasteiger partial charge in [0.05, 0.1) is 5.56 Å². The van der Waals surface area contributed by atoms with E-state index >= 15 is 0 Å². The molecule has 3 aliphatic heterocycles. The van der Waals surface area contributed by atoms with Crippen LogP contribution >= 0.6 is 0 Å². The molecule has 208 valence electrons. The van der Waals surface area contributed by atoms with Gasteiger partial charge in [-0.25, -0.2) is 4.79 Å². The van der Waals surface area contributed by atoms with Gasteiger partial charge in [0.15, 0.2) is 5.60 Å². The van der Waals surface area contributed by atoms with Crippen LogP contribution in [0.25, 0.3) is 0 Å². The molecular weight excluding hydrogens is 508 g/mol. The predicted molar refractivity (Wildman–Crippen MR) is 164 cm³/mol. The van der Waals surface area contributed by atoms with Gasteiger partial charge in [-0.05, 0) is 73.2 Å². The number of fused-ring (bicyclic) bond motifs is 6. The molecule has 4 aromatic rings. The minimum atomic E-state index is -1.10. The molecule has 0 bridgehead atoms. The largest absolute Gasteiger partial charge is 0.456 e. The maximum absolute atomic E-state index is 13.4. The highest BCUT2D eigenvalue weighted by Crippen LogP contribution is 2.58. The molecule has 3 unspecified atom stereocenters. The average molecular weight is 545 g/mol. The SMILES string of the molecule is CCC1CN(c2ccc3c(c2)Oc2cc(C)c(Nc4ccccc4)cc2C32OC(=O)c3ccccc32)C(C)C1(C)C. The first-order valence-electron chi connectivity index (χ1n) is 14.6. The summed E-state index contributed by atoms with van der Waals surface area (Å²) in [7, 11) is 0. The first-order valence-corrected chi connectivity index (χ1v) is 14.6. The van der Waals surface area contributed by atoms with Crippen LogP contribution in [0.2, 0.25) is 0 Å². The van der Waals surface area contributed by atoms with Crippen LogP contribution in [-0.4, -0.2) is 18.6 Å². The van der Waals surface area contributed by atoms with Gasteiger partial charge in [0, 0.05) is 52.4 Å². The summed E-state index contributed by atoms with van der Waals surface area (Å²) in [6.45, 7) is 12.5. The molecule has 7 rings (SSSR count). The van der Waals surface area contributed by atoms with Gasteiger partial charge in [-0.3, -0.25) is 0 Å². The fourth-order valence-electron chi connectivity index (χ4n) is 7.16. The normalized spacial score (nSPS) is 23.4. The van der Waals surface area contributed by atoms with Crippen molar-refractivity contribution >= 4 is 23.0 Å². The van der Waals surface area contributed by atoms with Crippen molar-refractivity contribution in [3.8, 4) is 11.5 Å². The lowest BCUT2D eigenvalue weighted by molar-refractivity contribution is 0.0224. The number of ether oxygens (including phenoxy) is 2. The first kappa shape index (κ1) is 25.7. The van der Waals surface area contributed by atoms with Crippen LogP contribution in [0.1, 0.15) is 66.7 Å². The van der Waals surface area contributed by atoms with E-state index in [0.29, 0.717) is 23.3 Å². The zero-order valence-electron chi connectivity index (χ0n) is 24.3. The van der Waals surface area contributed by atoms with Gasteiger partial charge in [-0.2, -0.15) is 0 Å². The summed E-state index contributed by atoms with van der Waals surface area (Å²) in [4.78, 5) is 15.9. The lowest BCUT2D eigenvalue weighted by Crippen LogP contribution is -2.35. The number of anilines is 3. The smallest absolute Gasteiger partial charge is 0.340 e. The molecule has 5 nitrogen and oxygen atoms in total. The van der Waals surface area contributed by atoms with E-state index < -0.39 is 5.60 Å². The molecule has 0 amide bonds. The van der Waals surface area contributed by atoms with Crippen LogP contribution in [-0.2, 0) is 10.3 Å². The molecule has 0 aromatic heterocycles. The Balaban J connectivity index is 1.40. The number of carbonyl (C=O) groups is 1. The second-order valence-electron chi connectivity index (χ2n) is 12.3. The van der Waals surface area contributed by atoms with Crippen molar-refractivity contribution in [1.29, 1.82) is 0 Å². The molecule has 0 aliphatic carbocycles. The molecule has 1 N–H and O–H groups in total. The maximum Gasteiger partial charge on any atom is 0.340 e. The van der Waals surface area contributed by atoms with Crippen LogP contribution in [0, 0.1) is 18.3 Å². The van der Waals surface area contributed by atoms with Crippen LogP contribution in [0.15, 0.2) is 84.9 Å². The van der Waals surface area contributed by atoms with E-state index in [9.17, 15) is 4.79 Å². The molecule has 3 heterocycles. The Morgan fingerprint density at radius 2 is 1.63 bits per heavy atom. The Bertz CT molecular complexity index is 1680. The van der Waals surface area contributed by atoms with Crippen LogP contribution in [0.3, 0.4) is 0 Å². The second-order valence-corrected chi connectivity index (χ2v) is 12.3. The molecule has 1 fully saturated rings. The first-order chi connectivity index (χ1) is 19.7. The zero-order valence-corrected chi connectivity index (χ0v) is 24.3. The summed E-state index contributed by atoms with van der Waals surface area (Å²) in [5.41, 5.74) is 6.32. The second kappa shape index (κ2) is 9.13. The summed E-state index contributed by atoms with van der Waals surface area (Å²) < 4.78 is 13.1. The standard InChI is InChI=1S/C36H36N2O3/c1-6-24-21-38(23(3)35(24,4)5)26-16-17-29-33(19-26)40-32-18-22(2)31(37-25-12-8-7-9-13-25)20-30(32)36(29)28-15-11-10-14-27(28)34(39)41-36/h7-20,23-24,37H,6,21H2,1-5H3. The van der Waals surface area contributed by atoms with Crippen molar-refractivity contribution in [3.63, 3.8) is 0 Å². The summed E-state index contributed by atoms with van der Waals surface area (Å²) in [5, 5.41) is 3.55. The number of benzene rings is 4. The molecule has 3 atom stereocenters. The zero-order chi connectivity index (χ0) is 28.5. The Labute approximate surface area is 242 Å². The van der Waals surface area contributed by atoms with Gasteiger partial charge < -0.3 is 19.7 Å². The van der Waals surface area contributed by atoms with E-state index in [1.165, 1.54) is 0 Å². The Morgan fingerprint density at radius 3 is 2.39 bits per heavy atom. The van der Waals surface area contributed by atoms with Gasteiger partial charge >= 0.3 is 5.97 Å². The van der Waals surface area contributed by atoms with Crippen molar-refractivity contribution in [1.82, 2.24) is 0 Å². The van der Waals surface area contributed by atoms with E-state index in [1.807, 2.05) is 54.6 Å². The van der Waals surface area contributed by atoms with Gasteiger partial charge in [-0.1, -0.05) is 63.6 Å². The van der Waals surface area contributed by atoms with Gasteiger partial charge in [-0.15, -0.1) is 0 Å². The number of carbonyl (C=O) groups excluding carboxylic acids is 1. The Morgan fingerprint density at radius 1 is 0.902 bits per heavy atom. The number of nitrogens with zero attached hydrogens (tertiary/aromatic N) is 1. The Kier molecular flexibility index (Phi) is 5.73. The van der Waals surface area contributed by atoms with Crippen molar-refractivity contribution in [2.24, 2.45) is 11.3 Å². The van der Waals surface area contributed by atoms with E-state index in [-0.39, 0.29) is 11.4 Å². The highest BCUT2D eigenvalue weighted by molar-refractivity contribution is 5.97. The molecule has 1 saturated heterocycles. The number of esters is 1. The lowest BCUT2D eigenvalue weighted by atomic mass is 9.76. The number of aryl methyl sites for hydroxylation is 1. The van der Waals surface area contributed by atoms with Crippen molar-refractivity contribution in [3.05, 3.63) is 113 Å². The average Bonchev–Trinajstić information content (AvgIpc) is 3.39. The molecule has 3 aliphatic rings. The Hall–Kier alpha value is -4.25.